The quantitative estimate of drug-likeness (QED) is 0.715. The molecule has 1 fully saturated rings. The van der Waals surface area contributed by atoms with Crippen molar-refractivity contribution in [2.75, 3.05) is 22.9 Å². The Morgan fingerprint density at radius 1 is 1.19 bits per heavy atom. The Hall–Kier alpha value is -1.52. The summed E-state index contributed by atoms with van der Waals surface area (Å²) in [5.41, 5.74) is 5.82. The van der Waals surface area contributed by atoms with Crippen molar-refractivity contribution in [3.8, 4) is 0 Å². The molecule has 0 aliphatic heterocycles. The predicted octanol–water partition coefficient (Wildman–Crippen LogP) is 3.65. The van der Waals surface area contributed by atoms with Crippen molar-refractivity contribution in [1.82, 2.24) is 9.97 Å². The zero-order valence-corrected chi connectivity index (χ0v) is 13.4. The molecule has 1 atom stereocenters. The van der Waals surface area contributed by atoms with Crippen LogP contribution in [0, 0.1) is 5.92 Å². The molecule has 118 valence electrons. The van der Waals surface area contributed by atoms with Crippen LogP contribution in [0.1, 0.15) is 58.8 Å². The fraction of sp³-hybridized carbons (Fsp3) is 0.750. The third kappa shape index (κ3) is 4.76. The van der Waals surface area contributed by atoms with Crippen LogP contribution in [0.25, 0.3) is 0 Å². The molecule has 1 unspecified atom stereocenters. The number of aromatic nitrogens is 2. The molecule has 0 bridgehead atoms. The van der Waals surface area contributed by atoms with E-state index in [0.717, 1.165) is 36.9 Å². The van der Waals surface area contributed by atoms with Crippen LogP contribution in [0.4, 0.5) is 17.6 Å². The summed E-state index contributed by atoms with van der Waals surface area (Å²) in [7, 11) is 0. The maximum atomic E-state index is 5.82. The second kappa shape index (κ2) is 8.05. The van der Waals surface area contributed by atoms with Gasteiger partial charge < -0.3 is 16.4 Å². The van der Waals surface area contributed by atoms with Crippen LogP contribution in [0.5, 0.6) is 0 Å². The third-order valence-corrected chi connectivity index (χ3v) is 4.29. The maximum Gasteiger partial charge on any atom is 0.223 e. The summed E-state index contributed by atoms with van der Waals surface area (Å²) in [6, 6.07) is 2.45. The molecule has 0 aromatic carbocycles. The zero-order chi connectivity index (χ0) is 15.1. The van der Waals surface area contributed by atoms with Crippen molar-refractivity contribution < 1.29 is 0 Å². The first kappa shape index (κ1) is 15.9. The van der Waals surface area contributed by atoms with Gasteiger partial charge in [0.05, 0.1) is 0 Å². The van der Waals surface area contributed by atoms with Crippen molar-refractivity contribution in [3.63, 3.8) is 0 Å². The normalized spacial score (nSPS) is 17.4. The third-order valence-electron chi connectivity index (χ3n) is 4.29. The van der Waals surface area contributed by atoms with Gasteiger partial charge in [-0.25, -0.2) is 0 Å². The molecule has 1 aliphatic carbocycles. The lowest BCUT2D eigenvalue weighted by Gasteiger charge is -2.30. The van der Waals surface area contributed by atoms with Gasteiger partial charge in [-0.05, 0) is 31.6 Å². The molecule has 2 rings (SSSR count). The summed E-state index contributed by atoms with van der Waals surface area (Å²) in [5, 5.41) is 6.86. The van der Waals surface area contributed by atoms with Crippen LogP contribution in [0.15, 0.2) is 6.07 Å². The van der Waals surface area contributed by atoms with E-state index in [4.69, 9.17) is 5.73 Å². The molecule has 1 aliphatic rings. The molecule has 1 saturated carbocycles. The Morgan fingerprint density at radius 2 is 1.90 bits per heavy atom. The Balaban J connectivity index is 2.03. The largest absolute Gasteiger partial charge is 0.370 e. The van der Waals surface area contributed by atoms with E-state index in [2.05, 4.69) is 34.4 Å². The highest BCUT2D eigenvalue weighted by atomic mass is 15.1. The molecule has 21 heavy (non-hydrogen) atoms. The van der Waals surface area contributed by atoms with Gasteiger partial charge in [0, 0.05) is 18.7 Å². The predicted molar refractivity (Wildman–Crippen MR) is 89.5 cm³/mol. The molecule has 0 radical (unpaired) electrons. The minimum absolute atomic E-state index is 0.331. The smallest absolute Gasteiger partial charge is 0.223 e. The highest BCUT2D eigenvalue weighted by Gasteiger charge is 2.22. The Kier molecular flexibility index (Phi) is 6.08. The molecule has 1 aromatic rings. The van der Waals surface area contributed by atoms with Crippen LogP contribution in [-0.4, -0.2) is 22.6 Å². The van der Waals surface area contributed by atoms with Crippen LogP contribution in [-0.2, 0) is 0 Å². The topological polar surface area (TPSA) is 75.9 Å². The molecule has 0 amide bonds. The minimum Gasteiger partial charge on any atom is -0.370 e. The maximum absolute atomic E-state index is 5.82. The van der Waals surface area contributed by atoms with Crippen LogP contribution < -0.4 is 16.4 Å². The van der Waals surface area contributed by atoms with E-state index in [0.29, 0.717) is 12.0 Å². The summed E-state index contributed by atoms with van der Waals surface area (Å²) in [5.74, 6) is 2.74. The first-order chi connectivity index (χ1) is 10.2. The number of anilines is 3. The summed E-state index contributed by atoms with van der Waals surface area (Å²) >= 11 is 0. The van der Waals surface area contributed by atoms with Gasteiger partial charge in [-0.2, -0.15) is 9.97 Å². The van der Waals surface area contributed by atoms with Gasteiger partial charge in [-0.1, -0.05) is 33.1 Å². The summed E-state index contributed by atoms with van der Waals surface area (Å²) < 4.78 is 0. The van der Waals surface area contributed by atoms with Crippen LogP contribution in [0.2, 0.25) is 0 Å². The van der Waals surface area contributed by atoms with Crippen molar-refractivity contribution in [2.45, 2.75) is 64.8 Å². The van der Waals surface area contributed by atoms with E-state index in [1.165, 1.54) is 32.1 Å². The average Bonchev–Trinajstić information content (AvgIpc) is 2.51. The molecule has 5 nitrogen and oxygen atoms in total. The number of nitrogen functional groups attached to an aromatic ring is 1. The van der Waals surface area contributed by atoms with Gasteiger partial charge in [-0.3, -0.25) is 0 Å². The van der Waals surface area contributed by atoms with Gasteiger partial charge in [0.25, 0.3) is 0 Å². The van der Waals surface area contributed by atoms with Gasteiger partial charge in [0.2, 0.25) is 5.95 Å². The van der Waals surface area contributed by atoms with E-state index >= 15 is 0 Å². The molecule has 1 heterocycles. The number of hydrogen-bond acceptors (Lipinski definition) is 5. The monoisotopic (exact) mass is 291 g/mol. The van der Waals surface area contributed by atoms with E-state index < -0.39 is 0 Å². The number of nitrogens with one attached hydrogen (secondary N) is 2. The number of hydrogen-bond donors (Lipinski definition) is 3. The molecule has 0 spiro atoms. The molecule has 5 heteroatoms. The number of rotatable bonds is 7. The molecular weight excluding hydrogens is 262 g/mol. The highest BCUT2D eigenvalue weighted by Crippen LogP contribution is 2.29. The van der Waals surface area contributed by atoms with Crippen molar-refractivity contribution >= 4 is 17.6 Å². The van der Waals surface area contributed by atoms with Crippen molar-refractivity contribution in [3.05, 3.63) is 6.07 Å². The zero-order valence-electron chi connectivity index (χ0n) is 13.4. The van der Waals surface area contributed by atoms with Gasteiger partial charge in [-0.15, -0.1) is 0 Å². The highest BCUT2D eigenvalue weighted by molar-refractivity contribution is 5.51. The van der Waals surface area contributed by atoms with E-state index in [-0.39, 0.29) is 0 Å². The first-order valence-corrected chi connectivity index (χ1v) is 8.37. The van der Waals surface area contributed by atoms with E-state index in [9.17, 15) is 0 Å². The second-order valence-electron chi connectivity index (χ2n) is 5.98. The Morgan fingerprint density at radius 3 is 2.57 bits per heavy atom. The summed E-state index contributed by atoms with van der Waals surface area (Å²) in [6.07, 6.45) is 8.94. The van der Waals surface area contributed by atoms with Gasteiger partial charge in [0.1, 0.15) is 11.6 Å². The number of nitrogens with two attached hydrogens (primary N) is 1. The Labute approximate surface area is 128 Å². The van der Waals surface area contributed by atoms with Crippen molar-refractivity contribution in [1.29, 1.82) is 0 Å². The lowest BCUT2D eigenvalue weighted by atomic mass is 9.83. The van der Waals surface area contributed by atoms with Crippen molar-refractivity contribution in [2.24, 2.45) is 5.92 Å². The van der Waals surface area contributed by atoms with E-state index in [1.807, 2.05) is 6.07 Å². The SMILES string of the molecule is CCCNc1cc(NC(CC)C2CCCCC2)nc(N)n1. The Bertz CT molecular complexity index is 429. The van der Waals surface area contributed by atoms with Gasteiger partial charge in [0.15, 0.2) is 0 Å². The molecule has 0 saturated heterocycles. The molecule has 4 N–H and O–H groups in total. The van der Waals surface area contributed by atoms with Gasteiger partial charge >= 0.3 is 0 Å². The number of nitrogens with zero attached hydrogens (tertiary/aromatic N) is 2. The van der Waals surface area contributed by atoms with Crippen LogP contribution in [0.3, 0.4) is 0 Å². The summed E-state index contributed by atoms with van der Waals surface area (Å²) in [4.78, 5) is 8.57. The molecular formula is C16H29N5. The molecule has 1 aromatic heterocycles. The fourth-order valence-corrected chi connectivity index (χ4v) is 3.16. The fourth-order valence-electron chi connectivity index (χ4n) is 3.16. The first-order valence-electron chi connectivity index (χ1n) is 8.37. The lowest BCUT2D eigenvalue weighted by molar-refractivity contribution is 0.312. The second-order valence-corrected chi connectivity index (χ2v) is 5.98. The van der Waals surface area contributed by atoms with Crippen LogP contribution >= 0.6 is 0 Å². The standard InChI is InChI=1S/C16H29N5/c1-3-10-18-14-11-15(21-16(17)20-14)19-13(4-2)12-8-6-5-7-9-12/h11-13H,3-10H2,1-2H3,(H4,17,18,19,20,21). The summed E-state index contributed by atoms with van der Waals surface area (Å²) in [6.45, 7) is 5.27. The van der Waals surface area contributed by atoms with E-state index in [1.54, 1.807) is 0 Å². The average molecular weight is 291 g/mol. The lowest BCUT2D eigenvalue weighted by Crippen LogP contribution is -2.30. The minimum atomic E-state index is 0.331.